The van der Waals surface area contributed by atoms with E-state index in [4.69, 9.17) is 0 Å². The monoisotopic (exact) mass is 206 g/mol. The van der Waals surface area contributed by atoms with E-state index in [0.717, 1.165) is 19.1 Å². The van der Waals surface area contributed by atoms with Crippen molar-refractivity contribution in [1.29, 1.82) is 0 Å². The largest absolute Gasteiger partial charge is 0.303 e. The molecule has 1 atom stereocenters. The zero-order valence-corrected chi connectivity index (χ0v) is 10.6. The van der Waals surface area contributed by atoms with Crippen LogP contribution >= 0.6 is 0 Å². The van der Waals surface area contributed by atoms with Gasteiger partial charge in [-0.15, -0.1) is 0 Å². The first-order chi connectivity index (χ1) is 6.92. The lowest BCUT2D eigenvalue weighted by Crippen LogP contribution is -2.26. The van der Waals surface area contributed by atoms with Crippen LogP contribution in [0.25, 0.3) is 0 Å². The molecule has 0 aliphatic heterocycles. The molecule has 0 radical (unpaired) electrons. The van der Waals surface area contributed by atoms with Gasteiger partial charge in [0.2, 0.25) is 0 Å². The van der Waals surface area contributed by atoms with Gasteiger partial charge in [0.15, 0.2) is 0 Å². The Balaban J connectivity index is 3.22. The van der Waals surface area contributed by atoms with E-state index in [9.17, 15) is 4.79 Å². The van der Waals surface area contributed by atoms with Crippen molar-refractivity contribution in [3.05, 3.63) is 22.8 Å². The second-order valence-electron chi connectivity index (χ2n) is 5.25. The second-order valence-corrected chi connectivity index (χ2v) is 5.25. The minimum atomic E-state index is 0.105. The van der Waals surface area contributed by atoms with Crippen molar-refractivity contribution in [3.63, 3.8) is 0 Å². The summed E-state index contributed by atoms with van der Waals surface area (Å²) in [5.41, 5.74) is 4.36. The SMILES string of the molecule is CCC(C)=C1C(C)=CC(C=O)CC1(C)C. The summed E-state index contributed by atoms with van der Waals surface area (Å²) in [6, 6.07) is 0. The number of aldehydes is 1. The molecule has 1 heteroatoms. The molecule has 0 bridgehead atoms. The van der Waals surface area contributed by atoms with Crippen molar-refractivity contribution < 1.29 is 4.79 Å². The molecule has 84 valence electrons. The average molecular weight is 206 g/mol. The number of carbonyl (C=O) groups excluding carboxylic acids is 1. The predicted octanol–water partition coefficient (Wildman–Crippen LogP) is 3.90. The second kappa shape index (κ2) is 4.34. The number of carbonyl (C=O) groups is 1. The molecule has 0 N–H and O–H groups in total. The van der Waals surface area contributed by atoms with Gasteiger partial charge in [-0.2, -0.15) is 0 Å². The van der Waals surface area contributed by atoms with E-state index < -0.39 is 0 Å². The van der Waals surface area contributed by atoms with Crippen LogP contribution in [0.15, 0.2) is 22.8 Å². The first kappa shape index (κ1) is 12.2. The summed E-state index contributed by atoms with van der Waals surface area (Å²) in [5, 5.41) is 0. The van der Waals surface area contributed by atoms with Crippen LogP contribution in [0, 0.1) is 11.3 Å². The lowest BCUT2D eigenvalue weighted by Gasteiger charge is -2.36. The van der Waals surface area contributed by atoms with Crippen LogP contribution in [-0.4, -0.2) is 6.29 Å². The van der Waals surface area contributed by atoms with Gasteiger partial charge in [0.25, 0.3) is 0 Å². The third-order valence-electron chi connectivity index (χ3n) is 3.41. The van der Waals surface area contributed by atoms with E-state index in [1.165, 1.54) is 16.7 Å². The maximum atomic E-state index is 10.9. The van der Waals surface area contributed by atoms with Crippen molar-refractivity contribution in [1.82, 2.24) is 0 Å². The Kier molecular flexibility index (Phi) is 3.54. The van der Waals surface area contributed by atoms with E-state index >= 15 is 0 Å². The first-order valence-electron chi connectivity index (χ1n) is 5.76. The molecule has 0 aromatic heterocycles. The molecular weight excluding hydrogens is 184 g/mol. The molecule has 0 spiro atoms. The van der Waals surface area contributed by atoms with Crippen LogP contribution in [-0.2, 0) is 4.79 Å². The summed E-state index contributed by atoms with van der Waals surface area (Å²) in [7, 11) is 0. The van der Waals surface area contributed by atoms with E-state index in [-0.39, 0.29) is 11.3 Å². The smallest absolute Gasteiger partial charge is 0.126 e. The highest BCUT2D eigenvalue weighted by molar-refractivity contribution is 5.60. The summed E-state index contributed by atoms with van der Waals surface area (Å²) < 4.78 is 0. The molecule has 0 fully saturated rings. The number of rotatable bonds is 2. The Bertz CT molecular complexity index is 318. The van der Waals surface area contributed by atoms with Gasteiger partial charge in [0, 0.05) is 5.92 Å². The first-order valence-corrected chi connectivity index (χ1v) is 5.76. The van der Waals surface area contributed by atoms with Crippen LogP contribution in [0.5, 0.6) is 0 Å². The maximum absolute atomic E-state index is 10.9. The van der Waals surface area contributed by atoms with Crippen molar-refractivity contribution in [2.75, 3.05) is 0 Å². The summed E-state index contributed by atoms with van der Waals surface area (Å²) in [6.07, 6.45) is 5.23. The Morgan fingerprint density at radius 3 is 2.60 bits per heavy atom. The van der Waals surface area contributed by atoms with E-state index in [1.54, 1.807) is 0 Å². The highest BCUT2D eigenvalue weighted by Crippen LogP contribution is 2.44. The molecule has 1 unspecified atom stereocenters. The Hall–Kier alpha value is -0.850. The molecule has 0 aromatic carbocycles. The average Bonchev–Trinajstić information content (AvgIpc) is 2.14. The fourth-order valence-corrected chi connectivity index (χ4v) is 2.87. The number of hydrogen-bond donors (Lipinski definition) is 0. The zero-order valence-electron chi connectivity index (χ0n) is 10.6. The van der Waals surface area contributed by atoms with Crippen LogP contribution in [0.3, 0.4) is 0 Å². The quantitative estimate of drug-likeness (QED) is 0.626. The Labute approximate surface area is 93.3 Å². The molecule has 1 aliphatic carbocycles. The minimum Gasteiger partial charge on any atom is -0.303 e. The normalized spacial score (nSPS) is 28.3. The molecule has 15 heavy (non-hydrogen) atoms. The van der Waals surface area contributed by atoms with Gasteiger partial charge in [-0.3, -0.25) is 0 Å². The van der Waals surface area contributed by atoms with Gasteiger partial charge < -0.3 is 4.79 Å². The highest BCUT2D eigenvalue weighted by Gasteiger charge is 2.32. The van der Waals surface area contributed by atoms with Gasteiger partial charge in [0.05, 0.1) is 0 Å². The lowest BCUT2D eigenvalue weighted by atomic mass is 9.68. The molecule has 0 amide bonds. The van der Waals surface area contributed by atoms with Gasteiger partial charge in [0.1, 0.15) is 6.29 Å². The molecule has 0 heterocycles. The third-order valence-corrected chi connectivity index (χ3v) is 3.41. The lowest BCUT2D eigenvalue weighted by molar-refractivity contribution is -0.110. The minimum absolute atomic E-state index is 0.105. The Morgan fingerprint density at radius 1 is 1.60 bits per heavy atom. The fraction of sp³-hybridized carbons (Fsp3) is 0.643. The summed E-state index contributed by atoms with van der Waals surface area (Å²) in [5.74, 6) is 0.105. The zero-order chi connectivity index (χ0) is 11.6. The molecule has 0 saturated heterocycles. The van der Waals surface area contributed by atoms with Crippen molar-refractivity contribution in [3.8, 4) is 0 Å². The van der Waals surface area contributed by atoms with E-state index in [2.05, 4.69) is 40.7 Å². The molecule has 1 aliphatic rings. The third kappa shape index (κ3) is 2.39. The standard InChI is InChI=1S/C14H22O/c1-6-10(2)13-11(3)7-12(9-15)8-14(13,4)5/h7,9,12H,6,8H2,1-5H3. The van der Waals surface area contributed by atoms with Gasteiger partial charge >= 0.3 is 0 Å². The van der Waals surface area contributed by atoms with Gasteiger partial charge in [-0.25, -0.2) is 0 Å². The van der Waals surface area contributed by atoms with Gasteiger partial charge in [-0.1, -0.05) is 38.0 Å². The summed E-state index contributed by atoms with van der Waals surface area (Å²) >= 11 is 0. The van der Waals surface area contributed by atoms with Crippen molar-refractivity contribution >= 4 is 6.29 Å². The van der Waals surface area contributed by atoms with E-state index in [0.29, 0.717) is 0 Å². The fourth-order valence-electron chi connectivity index (χ4n) is 2.87. The summed E-state index contributed by atoms with van der Waals surface area (Å²) in [4.78, 5) is 10.9. The summed E-state index contributed by atoms with van der Waals surface area (Å²) in [6.45, 7) is 11.0. The predicted molar refractivity (Wildman–Crippen MR) is 64.7 cm³/mol. The van der Waals surface area contributed by atoms with E-state index in [1.807, 2.05) is 0 Å². The molecule has 0 saturated carbocycles. The van der Waals surface area contributed by atoms with Crippen LogP contribution in [0.2, 0.25) is 0 Å². The molecule has 1 nitrogen and oxygen atoms in total. The van der Waals surface area contributed by atoms with Crippen molar-refractivity contribution in [2.45, 2.75) is 47.5 Å². The van der Waals surface area contributed by atoms with Crippen LogP contribution in [0.1, 0.15) is 47.5 Å². The number of allylic oxidation sites excluding steroid dienone is 4. The molecule has 0 aromatic rings. The Morgan fingerprint density at radius 2 is 2.20 bits per heavy atom. The van der Waals surface area contributed by atoms with Crippen LogP contribution in [0.4, 0.5) is 0 Å². The number of hydrogen-bond acceptors (Lipinski definition) is 1. The topological polar surface area (TPSA) is 17.1 Å². The molecular formula is C14H22O. The highest BCUT2D eigenvalue weighted by atomic mass is 16.1. The van der Waals surface area contributed by atoms with Crippen LogP contribution < -0.4 is 0 Å². The maximum Gasteiger partial charge on any atom is 0.126 e. The molecule has 1 rings (SSSR count). The van der Waals surface area contributed by atoms with Gasteiger partial charge in [-0.05, 0) is 37.7 Å². The van der Waals surface area contributed by atoms with Crippen molar-refractivity contribution in [2.24, 2.45) is 11.3 Å².